The number of hydrogen-bond donors (Lipinski definition) is 1. The third kappa shape index (κ3) is 3.10. The lowest BCUT2D eigenvalue weighted by Gasteiger charge is -2.33. The molecular weight excluding hydrogens is 226 g/mol. The van der Waals surface area contributed by atoms with Crippen LogP contribution in [0.2, 0.25) is 0 Å². The predicted octanol–water partition coefficient (Wildman–Crippen LogP) is 3.17. The van der Waals surface area contributed by atoms with Crippen molar-refractivity contribution in [2.75, 3.05) is 0 Å². The summed E-state index contributed by atoms with van der Waals surface area (Å²) in [6.45, 7) is 4.44. The van der Waals surface area contributed by atoms with E-state index in [9.17, 15) is 0 Å². The van der Waals surface area contributed by atoms with Crippen molar-refractivity contribution in [3.8, 4) is 0 Å². The molecule has 0 bridgehead atoms. The number of hydrogen-bond acceptors (Lipinski definition) is 4. The Kier molecular flexibility index (Phi) is 4.38. The molecule has 0 aromatic carbocycles. The molecule has 1 saturated carbocycles. The molecule has 0 radical (unpaired) electrons. The Morgan fingerprint density at radius 3 is 3.00 bits per heavy atom. The zero-order chi connectivity index (χ0) is 13.0. The molecule has 102 valence electrons. The second-order valence-electron chi connectivity index (χ2n) is 5.83. The van der Waals surface area contributed by atoms with Gasteiger partial charge < -0.3 is 10.3 Å². The number of rotatable bonds is 5. The van der Waals surface area contributed by atoms with E-state index >= 15 is 0 Å². The van der Waals surface area contributed by atoms with Crippen molar-refractivity contribution in [1.82, 2.24) is 10.1 Å². The number of nitrogens with zero attached hydrogens (tertiary/aromatic N) is 2. The van der Waals surface area contributed by atoms with Crippen molar-refractivity contribution < 1.29 is 4.52 Å². The first-order valence-corrected chi connectivity index (χ1v) is 7.26. The van der Waals surface area contributed by atoms with Crippen molar-refractivity contribution in [2.45, 2.75) is 70.8 Å². The number of aryl methyl sites for hydroxylation is 1. The summed E-state index contributed by atoms with van der Waals surface area (Å²) in [5.74, 6) is 2.13. The first-order chi connectivity index (χ1) is 8.64. The van der Waals surface area contributed by atoms with Crippen LogP contribution in [-0.4, -0.2) is 10.1 Å². The summed E-state index contributed by atoms with van der Waals surface area (Å²) in [6.07, 6.45) is 8.80. The second kappa shape index (κ2) is 5.83. The van der Waals surface area contributed by atoms with Gasteiger partial charge in [-0.2, -0.15) is 4.98 Å². The van der Waals surface area contributed by atoms with Gasteiger partial charge in [-0.1, -0.05) is 44.7 Å². The average Bonchev–Trinajstić information content (AvgIpc) is 2.78. The highest BCUT2D eigenvalue weighted by Gasteiger charge is 2.36. The molecule has 1 aliphatic rings. The lowest BCUT2D eigenvalue weighted by atomic mass is 9.76. The number of aromatic nitrogens is 2. The SMILES string of the molecule is CCCCCc1nc(C2(N)CCCC(C)C2)no1. The molecule has 4 nitrogen and oxygen atoms in total. The van der Waals surface area contributed by atoms with Crippen LogP contribution in [0.1, 0.15) is 70.5 Å². The van der Waals surface area contributed by atoms with E-state index in [4.69, 9.17) is 10.3 Å². The molecule has 2 N–H and O–H groups in total. The molecule has 0 aliphatic heterocycles. The van der Waals surface area contributed by atoms with Crippen LogP contribution >= 0.6 is 0 Å². The monoisotopic (exact) mass is 251 g/mol. The molecule has 2 atom stereocenters. The van der Waals surface area contributed by atoms with Gasteiger partial charge in [-0.15, -0.1) is 0 Å². The van der Waals surface area contributed by atoms with Gasteiger partial charge in [-0.3, -0.25) is 0 Å². The van der Waals surface area contributed by atoms with E-state index in [-0.39, 0.29) is 5.54 Å². The van der Waals surface area contributed by atoms with Crippen LogP contribution < -0.4 is 5.73 Å². The van der Waals surface area contributed by atoms with Gasteiger partial charge in [0.1, 0.15) is 0 Å². The molecule has 18 heavy (non-hydrogen) atoms. The summed E-state index contributed by atoms with van der Waals surface area (Å²) < 4.78 is 5.32. The quantitative estimate of drug-likeness (QED) is 0.816. The molecule has 1 aromatic rings. The van der Waals surface area contributed by atoms with Crippen LogP contribution in [0.5, 0.6) is 0 Å². The van der Waals surface area contributed by atoms with Crippen molar-refractivity contribution in [3.63, 3.8) is 0 Å². The van der Waals surface area contributed by atoms with Crippen LogP contribution in [0.4, 0.5) is 0 Å². The maximum atomic E-state index is 6.45. The Balaban J connectivity index is 1.99. The van der Waals surface area contributed by atoms with Gasteiger partial charge in [0.05, 0.1) is 5.54 Å². The van der Waals surface area contributed by atoms with E-state index in [1.54, 1.807) is 0 Å². The largest absolute Gasteiger partial charge is 0.339 e. The smallest absolute Gasteiger partial charge is 0.226 e. The number of unbranched alkanes of at least 4 members (excludes halogenated alkanes) is 2. The molecule has 0 saturated heterocycles. The van der Waals surface area contributed by atoms with Crippen molar-refractivity contribution in [2.24, 2.45) is 11.7 Å². The topological polar surface area (TPSA) is 64.9 Å². The normalized spacial score (nSPS) is 28.5. The standard InChI is InChI=1S/C14H25N3O/c1-3-4-5-8-12-16-13(17-18-12)14(15)9-6-7-11(2)10-14/h11H,3-10,15H2,1-2H3. The maximum absolute atomic E-state index is 6.45. The Morgan fingerprint density at radius 2 is 2.28 bits per heavy atom. The summed E-state index contributed by atoms with van der Waals surface area (Å²) in [4.78, 5) is 4.51. The van der Waals surface area contributed by atoms with E-state index in [2.05, 4.69) is 24.0 Å². The van der Waals surface area contributed by atoms with E-state index in [0.29, 0.717) is 5.92 Å². The van der Waals surface area contributed by atoms with Crippen LogP contribution in [0.3, 0.4) is 0 Å². The lowest BCUT2D eigenvalue weighted by Crippen LogP contribution is -2.42. The minimum Gasteiger partial charge on any atom is -0.339 e. The molecule has 1 aliphatic carbocycles. The summed E-state index contributed by atoms with van der Waals surface area (Å²) in [5, 5.41) is 4.11. The molecule has 0 amide bonds. The summed E-state index contributed by atoms with van der Waals surface area (Å²) in [7, 11) is 0. The van der Waals surface area contributed by atoms with Gasteiger partial charge >= 0.3 is 0 Å². The molecule has 0 spiro atoms. The third-order valence-corrected chi connectivity index (χ3v) is 3.94. The van der Waals surface area contributed by atoms with E-state index < -0.39 is 0 Å². The molecule has 2 unspecified atom stereocenters. The fourth-order valence-corrected chi connectivity index (χ4v) is 2.88. The minimum absolute atomic E-state index is 0.357. The number of nitrogens with two attached hydrogens (primary N) is 1. The Bertz CT molecular complexity index is 377. The second-order valence-corrected chi connectivity index (χ2v) is 5.83. The molecule has 2 rings (SSSR count). The van der Waals surface area contributed by atoms with Crippen molar-refractivity contribution >= 4 is 0 Å². The van der Waals surface area contributed by atoms with Crippen LogP contribution in [0, 0.1) is 5.92 Å². The summed E-state index contributed by atoms with van der Waals surface area (Å²) in [6, 6.07) is 0. The highest BCUT2D eigenvalue weighted by molar-refractivity contribution is 5.06. The Labute approximate surface area is 109 Å². The predicted molar refractivity (Wildman–Crippen MR) is 71.0 cm³/mol. The van der Waals surface area contributed by atoms with Gasteiger partial charge in [-0.25, -0.2) is 0 Å². The van der Waals surface area contributed by atoms with Gasteiger partial charge in [0.2, 0.25) is 5.89 Å². The molecule has 1 aromatic heterocycles. The van der Waals surface area contributed by atoms with Crippen molar-refractivity contribution in [1.29, 1.82) is 0 Å². The fourth-order valence-electron chi connectivity index (χ4n) is 2.88. The Hall–Kier alpha value is -0.900. The van der Waals surface area contributed by atoms with Crippen LogP contribution in [-0.2, 0) is 12.0 Å². The molecule has 1 heterocycles. The fraction of sp³-hybridized carbons (Fsp3) is 0.857. The van der Waals surface area contributed by atoms with Gasteiger partial charge in [0.25, 0.3) is 0 Å². The first kappa shape index (κ1) is 13.5. The zero-order valence-electron chi connectivity index (χ0n) is 11.6. The Morgan fingerprint density at radius 1 is 1.44 bits per heavy atom. The van der Waals surface area contributed by atoms with Gasteiger partial charge in [-0.05, 0) is 25.2 Å². The summed E-state index contributed by atoms with van der Waals surface area (Å²) in [5.41, 5.74) is 6.10. The van der Waals surface area contributed by atoms with E-state index in [1.165, 1.54) is 19.3 Å². The molecular formula is C14H25N3O. The summed E-state index contributed by atoms with van der Waals surface area (Å²) >= 11 is 0. The highest BCUT2D eigenvalue weighted by Crippen LogP contribution is 2.36. The first-order valence-electron chi connectivity index (χ1n) is 7.26. The van der Waals surface area contributed by atoms with Crippen LogP contribution in [0.15, 0.2) is 4.52 Å². The van der Waals surface area contributed by atoms with Crippen LogP contribution in [0.25, 0.3) is 0 Å². The van der Waals surface area contributed by atoms with E-state index in [1.807, 2.05) is 0 Å². The molecule has 1 fully saturated rings. The lowest BCUT2D eigenvalue weighted by molar-refractivity contribution is 0.221. The average molecular weight is 251 g/mol. The maximum Gasteiger partial charge on any atom is 0.226 e. The van der Waals surface area contributed by atoms with Gasteiger partial charge in [0.15, 0.2) is 5.82 Å². The van der Waals surface area contributed by atoms with Gasteiger partial charge in [0, 0.05) is 6.42 Å². The minimum atomic E-state index is -0.357. The molecule has 4 heteroatoms. The zero-order valence-corrected chi connectivity index (χ0v) is 11.6. The third-order valence-electron chi connectivity index (χ3n) is 3.94. The highest BCUT2D eigenvalue weighted by atomic mass is 16.5. The van der Waals surface area contributed by atoms with Crippen molar-refractivity contribution in [3.05, 3.63) is 11.7 Å². The van der Waals surface area contributed by atoms with E-state index in [0.717, 1.165) is 43.8 Å².